The second-order valence-electron chi connectivity index (χ2n) is 5.57. The number of aryl methyl sites for hydroxylation is 1. The largest absolute Gasteiger partial charge is 0.493 e. The Kier molecular flexibility index (Phi) is 5.63. The van der Waals surface area contributed by atoms with E-state index < -0.39 is 0 Å². The van der Waals surface area contributed by atoms with Gasteiger partial charge in [-0.1, -0.05) is 35.9 Å². The van der Waals surface area contributed by atoms with Gasteiger partial charge in [0.05, 0.1) is 26.7 Å². The Labute approximate surface area is 137 Å². The third-order valence-electron chi connectivity index (χ3n) is 3.77. The molecule has 4 heteroatoms. The molecule has 0 bridgehead atoms. The fourth-order valence-corrected chi connectivity index (χ4v) is 2.39. The number of hydrogen-bond acceptors (Lipinski definition) is 3. The van der Waals surface area contributed by atoms with Gasteiger partial charge in [0.2, 0.25) is 5.91 Å². The van der Waals surface area contributed by atoms with Crippen LogP contribution in [0.3, 0.4) is 0 Å². The van der Waals surface area contributed by atoms with Crippen LogP contribution in [0.25, 0.3) is 0 Å². The van der Waals surface area contributed by atoms with Gasteiger partial charge >= 0.3 is 0 Å². The molecule has 0 radical (unpaired) electrons. The average Bonchev–Trinajstić information content (AvgIpc) is 2.56. The van der Waals surface area contributed by atoms with Crippen LogP contribution in [0.5, 0.6) is 11.5 Å². The summed E-state index contributed by atoms with van der Waals surface area (Å²) in [5, 5.41) is 3.01. The molecule has 0 aliphatic heterocycles. The van der Waals surface area contributed by atoms with Gasteiger partial charge in [0.1, 0.15) is 0 Å². The van der Waals surface area contributed by atoms with Crippen LogP contribution in [-0.4, -0.2) is 20.1 Å². The number of hydrogen-bond donors (Lipinski definition) is 1. The van der Waals surface area contributed by atoms with Crippen molar-refractivity contribution >= 4 is 5.91 Å². The average molecular weight is 313 g/mol. The Bertz CT molecular complexity index is 665. The number of nitrogens with one attached hydrogen (secondary N) is 1. The maximum absolute atomic E-state index is 12.2. The zero-order valence-corrected chi connectivity index (χ0v) is 14.1. The lowest BCUT2D eigenvalue weighted by Crippen LogP contribution is -2.28. The molecule has 23 heavy (non-hydrogen) atoms. The van der Waals surface area contributed by atoms with Crippen LogP contribution in [0, 0.1) is 6.92 Å². The molecular weight excluding hydrogens is 290 g/mol. The fraction of sp³-hybridized carbons (Fsp3) is 0.316. The minimum absolute atomic E-state index is 0.00358. The summed E-state index contributed by atoms with van der Waals surface area (Å²) in [6.45, 7) is 3.98. The van der Waals surface area contributed by atoms with E-state index in [1.54, 1.807) is 14.2 Å². The van der Waals surface area contributed by atoms with Crippen LogP contribution in [0.15, 0.2) is 42.5 Å². The highest BCUT2D eigenvalue weighted by atomic mass is 16.5. The molecular formula is C19H23NO3. The molecule has 2 aromatic rings. The van der Waals surface area contributed by atoms with Crippen LogP contribution in [0.2, 0.25) is 0 Å². The molecule has 0 aliphatic carbocycles. The Morgan fingerprint density at radius 1 is 1.04 bits per heavy atom. The highest BCUT2D eigenvalue weighted by molar-refractivity contribution is 5.79. The maximum atomic E-state index is 12.2. The Hall–Kier alpha value is -2.49. The molecule has 2 rings (SSSR count). The van der Waals surface area contributed by atoms with E-state index in [4.69, 9.17) is 9.47 Å². The van der Waals surface area contributed by atoms with Gasteiger partial charge in [0, 0.05) is 0 Å². The van der Waals surface area contributed by atoms with Gasteiger partial charge in [-0.2, -0.15) is 0 Å². The first-order valence-corrected chi connectivity index (χ1v) is 7.60. The van der Waals surface area contributed by atoms with E-state index in [1.165, 1.54) is 5.56 Å². The molecule has 4 nitrogen and oxygen atoms in total. The van der Waals surface area contributed by atoms with Crippen molar-refractivity contribution in [2.24, 2.45) is 0 Å². The second kappa shape index (κ2) is 7.68. The summed E-state index contributed by atoms with van der Waals surface area (Å²) in [5.74, 6) is 1.33. The minimum Gasteiger partial charge on any atom is -0.493 e. The summed E-state index contributed by atoms with van der Waals surface area (Å²) in [4.78, 5) is 12.2. The SMILES string of the molecule is COc1ccc(C(C)NC(=O)Cc2ccc(C)cc2)cc1OC. The molecule has 1 N–H and O–H groups in total. The predicted molar refractivity (Wildman–Crippen MR) is 91.0 cm³/mol. The summed E-state index contributed by atoms with van der Waals surface area (Å²) < 4.78 is 10.5. The smallest absolute Gasteiger partial charge is 0.224 e. The number of amides is 1. The second-order valence-corrected chi connectivity index (χ2v) is 5.57. The number of rotatable bonds is 6. The molecule has 0 aliphatic rings. The summed E-state index contributed by atoms with van der Waals surface area (Å²) in [5.41, 5.74) is 3.17. The zero-order valence-electron chi connectivity index (χ0n) is 14.1. The Morgan fingerprint density at radius 3 is 2.30 bits per heavy atom. The van der Waals surface area contributed by atoms with Gasteiger partial charge in [-0.15, -0.1) is 0 Å². The summed E-state index contributed by atoms with van der Waals surface area (Å²) >= 11 is 0. The lowest BCUT2D eigenvalue weighted by molar-refractivity contribution is -0.121. The lowest BCUT2D eigenvalue weighted by Gasteiger charge is -2.16. The first-order valence-electron chi connectivity index (χ1n) is 7.60. The van der Waals surface area contributed by atoms with E-state index in [0.29, 0.717) is 17.9 Å². The van der Waals surface area contributed by atoms with Crippen molar-refractivity contribution in [1.29, 1.82) is 0 Å². The predicted octanol–water partition coefficient (Wildman–Crippen LogP) is 3.43. The summed E-state index contributed by atoms with van der Waals surface area (Å²) in [7, 11) is 3.20. The minimum atomic E-state index is -0.104. The molecule has 1 atom stereocenters. The van der Waals surface area contributed by atoms with Crippen LogP contribution in [0.1, 0.15) is 29.7 Å². The van der Waals surface area contributed by atoms with Crippen molar-refractivity contribution in [3.63, 3.8) is 0 Å². The van der Waals surface area contributed by atoms with Gasteiger partial charge in [-0.05, 0) is 37.1 Å². The molecule has 1 amide bonds. The van der Waals surface area contributed by atoms with E-state index >= 15 is 0 Å². The normalized spacial score (nSPS) is 11.7. The van der Waals surface area contributed by atoms with Crippen molar-refractivity contribution < 1.29 is 14.3 Å². The summed E-state index contributed by atoms with van der Waals surface area (Å²) in [6.07, 6.45) is 0.373. The molecule has 0 fully saturated rings. The zero-order chi connectivity index (χ0) is 16.8. The third kappa shape index (κ3) is 4.49. The van der Waals surface area contributed by atoms with Crippen LogP contribution in [0.4, 0.5) is 0 Å². The van der Waals surface area contributed by atoms with Crippen molar-refractivity contribution in [3.05, 3.63) is 59.2 Å². The van der Waals surface area contributed by atoms with Gasteiger partial charge in [-0.25, -0.2) is 0 Å². The molecule has 0 heterocycles. The highest BCUT2D eigenvalue weighted by Crippen LogP contribution is 2.29. The third-order valence-corrected chi connectivity index (χ3v) is 3.77. The molecule has 2 aromatic carbocycles. The highest BCUT2D eigenvalue weighted by Gasteiger charge is 2.13. The molecule has 0 saturated carbocycles. The molecule has 0 aromatic heterocycles. The molecule has 122 valence electrons. The standard InChI is InChI=1S/C19H23NO3/c1-13-5-7-15(8-6-13)11-19(21)20-14(2)16-9-10-17(22-3)18(12-16)23-4/h5-10,12,14H,11H2,1-4H3,(H,20,21). The van der Waals surface area contributed by atoms with Gasteiger partial charge in [0.25, 0.3) is 0 Å². The number of benzene rings is 2. The van der Waals surface area contributed by atoms with E-state index in [1.807, 2.05) is 56.3 Å². The Morgan fingerprint density at radius 2 is 1.70 bits per heavy atom. The van der Waals surface area contributed by atoms with E-state index in [9.17, 15) is 4.79 Å². The Balaban J connectivity index is 2.01. The monoisotopic (exact) mass is 313 g/mol. The van der Waals surface area contributed by atoms with E-state index in [0.717, 1.165) is 11.1 Å². The van der Waals surface area contributed by atoms with Crippen LogP contribution < -0.4 is 14.8 Å². The maximum Gasteiger partial charge on any atom is 0.224 e. The van der Waals surface area contributed by atoms with E-state index in [-0.39, 0.29) is 11.9 Å². The number of methoxy groups -OCH3 is 2. The quantitative estimate of drug-likeness (QED) is 0.889. The molecule has 0 saturated heterocycles. The molecule has 1 unspecified atom stereocenters. The topological polar surface area (TPSA) is 47.6 Å². The first-order chi connectivity index (χ1) is 11.0. The summed E-state index contributed by atoms with van der Waals surface area (Å²) in [6, 6.07) is 13.5. The van der Waals surface area contributed by atoms with Gasteiger partial charge < -0.3 is 14.8 Å². The van der Waals surface area contributed by atoms with Crippen molar-refractivity contribution in [2.45, 2.75) is 26.3 Å². The number of ether oxygens (including phenoxy) is 2. The molecule has 0 spiro atoms. The van der Waals surface area contributed by atoms with Crippen molar-refractivity contribution in [3.8, 4) is 11.5 Å². The fourth-order valence-electron chi connectivity index (χ4n) is 2.39. The van der Waals surface area contributed by atoms with Gasteiger partial charge in [-0.3, -0.25) is 4.79 Å². The lowest BCUT2D eigenvalue weighted by atomic mass is 10.1. The first kappa shape index (κ1) is 16.9. The van der Waals surface area contributed by atoms with Crippen molar-refractivity contribution in [2.75, 3.05) is 14.2 Å². The van der Waals surface area contributed by atoms with Gasteiger partial charge in [0.15, 0.2) is 11.5 Å². The number of carbonyl (C=O) groups excluding carboxylic acids is 1. The van der Waals surface area contributed by atoms with Crippen LogP contribution in [-0.2, 0) is 11.2 Å². The van der Waals surface area contributed by atoms with E-state index in [2.05, 4.69) is 5.32 Å². The van der Waals surface area contributed by atoms with Crippen molar-refractivity contribution in [1.82, 2.24) is 5.32 Å². The number of carbonyl (C=O) groups is 1. The van der Waals surface area contributed by atoms with Crippen LogP contribution >= 0.6 is 0 Å².